The molecule has 0 bridgehead atoms. The third-order valence-corrected chi connectivity index (χ3v) is 6.30. The fraction of sp³-hybridized carbons (Fsp3) is 0.938. The monoisotopic (exact) mass is 282 g/mol. The number of aliphatic hydroxyl groups is 1. The fourth-order valence-corrected chi connectivity index (χ4v) is 5.64. The normalized spacial score (nSPS) is 52.7. The summed E-state index contributed by atoms with van der Waals surface area (Å²) in [5, 5.41) is 10.8. The Morgan fingerprint density at radius 2 is 1.90 bits per heavy atom. The summed E-state index contributed by atoms with van der Waals surface area (Å²) in [4.78, 5) is 12.4. The molecule has 114 valence electrons. The Kier molecular flexibility index (Phi) is 2.85. The first-order chi connectivity index (χ1) is 9.18. The van der Waals surface area contributed by atoms with Gasteiger partial charge in [-0.15, -0.1) is 0 Å². The van der Waals surface area contributed by atoms with Crippen molar-refractivity contribution in [1.82, 2.24) is 0 Å². The molecule has 2 saturated carbocycles. The van der Waals surface area contributed by atoms with Gasteiger partial charge in [0.15, 0.2) is 0 Å². The van der Waals surface area contributed by atoms with Crippen LogP contribution in [0, 0.1) is 22.7 Å². The molecule has 0 aromatic rings. The Morgan fingerprint density at radius 3 is 2.50 bits per heavy atom. The first kappa shape index (κ1) is 14.3. The van der Waals surface area contributed by atoms with Crippen LogP contribution < -0.4 is 0 Å². The van der Waals surface area contributed by atoms with Gasteiger partial charge >= 0.3 is 5.97 Å². The molecule has 6 atom stereocenters. The summed E-state index contributed by atoms with van der Waals surface area (Å²) < 4.78 is 10.9. The zero-order valence-corrected chi connectivity index (χ0v) is 13.1. The van der Waals surface area contributed by atoms with Crippen molar-refractivity contribution in [2.24, 2.45) is 22.7 Å². The summed E-state index contributed by atoms with van der Waals surface area (Å²) in [6, 6.07) is 0. The van der Waals surface area contributed by atoms with Crippen LogP contribution >= 0.6 is 0 Å². The molecule has 1 aliphatic heterocycles. The van der Waals surface area contributed by atoms with E-state index < -0.39 is 11.7 Å². The number of carbonyl (C=O) groups is 1. The Bertz CT molecular complexity index is 446. The van der Waals surface area contributed by atoms with Gasteiger partial charge in [-0.05, 0) is 36.5 Å². The van der Waals surface area contributed by atoms with E-state index in [0.29, 0.717) is 0 Å². The largest absolute Gasteiger partial charge is 0.469 e. The molecular formula is C16H26O4. The van der Waals surface area contributed by atoms with E-state index in [4.69, 9.17) is 9.47 Å². The van der Waals surface area contributed by atoms with Gasteiger partial charge in [0.2, 0.25) is 0 Å². The molecule has 3 fully saturated rings. The molecule has 0 radical (unpaired) electrons. The second-order valence-corrected chi connectivity index (χ2v) is 7.99. The third kappa shape index (κ3) is 1.58. The third-order valence-electron chi connectivity index (χ3n) is 6.30. The molecule has 4 nitrogen and oxygen atoms in total. The van der Waals surface area contributed by atoms with E-state index in [1.54, 1.807) is 0 Å². The quantitative estimate of drug-likeness (QED) is 0.591. The highest BCUT2D eigenvalue weighted by molar-refractivity contribution is 5.76. The number of epoxide rings is 1. The predicted octanol–water partition coefficient (Wildman–Crippen LogP) is 2.14. The van der Waals surface area contributed by atoms with Gasteiger partial charge in [-0.1, -0.05) is 27.2 Å². The lowest BCUT2D eigenvalue weighted by molar-refractivity contribution is -0.175. The van der Waals surface area contributed by atoms with E-state index in [9.17, 15) is 9.90 Å². The maximum Gasteiger partial charge on any atom is 0.312 e. The first-order valence-corrected chi connectivity index (χ1v) is 7.62. The van der Waals surface area contributed by atoms with Gasteiger partial charge in [0.05, 0.1) is 19.1 Å². The summed E-state index contributed by atoms with van der Waals surface area (Å²) in [6.45, 7) is 8.51. The molecule has 3 rings (SSSR count). The molecular weight excluding hydrogens is 256 g/mol. The summed E-state index contributed by atoms with van der Waals surface area (Å²) in [6.07, 6.45) is 2.41. The fourth-order valence-electron chi connectivity index (χ4n) is 5.64. The molecule has 20 heavy (non-hydrogen) atoms. The number of rotatable bonds is 1. The molecule has 1 N–H and O–H groups in total. The second-order valence-electron chi connectivity index (χ2n) is 7.99. The predicted molar refractivity (Wildman–Crippen MR) is 74.0 cm³/mol. The van der Waals surface area contributed by atoms with Gasteiger partial charge < -0.3 is 14.6 Å². The van der Waals surface area contributed by atoms with Crippen molar-refractivity contribution in [3.05, 3.63) is 0 Å². The van der Waals surface area contributed by atoms with Gasteiger partial charge in [-0.2, -0.15) is 0 Å². The Labute approximate surface area is 120 Å². The summed E-state index contributed by atoms with van der Waals surface area (Å²) in [7, 11) is 1.44. The van der Waals surface area contributed by atoms with Crippen molar-refractivity contribution in [1.29, 1.82) is 0 Å². The minimum Gasteiger partial charge on any atom is -0.469 e. The lowest BCUT2D eigenvalue weighted by atomic mass is 9.46. The number of hydrogen-bond acceptors (Lipinski definition) is 4. The van der Waals surface area contributed by atoms with Gasteiger partial charge in [-0.3, -0.25) is 4.79 Å². The number of ether oxygens (including phenoxy) is 2. The van der Waals surface area contributed by atoms with E-state index in [0.717, 1.165) is 19.3 Å². The average Bonchev–Trinajstić information content (AvgIpc) is 3.00. The number of fused-ring (bicyclic) bond motifs is 2. The number of methoxy groups -OCH3 is 1. The molecule has 0 unspecified atom stereocenters. The summed E-state index contributed by atoms with van der Waals surface area (Å²) in [5.74, 6) is -0.390. The maximum absolute atomic E-state index is 12.4. The highest BCUT2D eigenvalue weighted by atomic mass is 16.6. The Balaban J connectivity index is 2.09. The van der Waals surface area contributed by atoms with Crippen LogP contribution in [-0.2, 0) is 14.3 Å². The molecule has 4 heteroatoms. The zero-order valence-electron chi connectivity index (χ0n) is 13.1. The van der Waals surface area contributed by atoms with Crippen molar-refractivity contribution in [2.75, 3.05) is 7.11 Å². The topological polar surface area (TPSA) is 59.1 Å². The van der Waals surface area contributed by atoms with Crippen molar-refractivity contribution in [3.63, 3.8) is 0 Å². The van der Waals surface area contributed by atoms with Crippen LogP contribution in [-0.4, -0.2) is 36.0 Å². The minimum atomic E-state index is -0.550. The van der Waals surface area contributed by atoms with Crippen LogP contribution in [0.1, 0.15) is 47.0 Å². The SMILES string of the molecule is COC(=O)[C@@H]1[C@@]2(C)CCCC(C)(C)[C@@H]2[C@H](O)[C@@H]2O[C@]12C. The number of aliphatic hydroxyl groups excluding tert-OH is 1. The molecule has 3 aliphatic rings. The Hall–Kier alpha value is -0.610. The van der Waals surface area contributed by atoms with E-state index >= 15 is 0 Å². The number of carbonyl (C=O) groups excluding carboxylic acids is 1. The highest BCUT2D eigenvalue weighted by Crippen LogP contribution is 2.67. The second kappa shape index (κ2) is 3.98. The molecule has 0 spiro atoms. The van der Waals surface area contributed by atoms with Crippen molar-refractivity contribution in [3.8, 4) is 0 Å². The molecule has 0 amide bonds. The van der Waals surface area contributed by atoms with Crippen molar-refractivity contribution in [2.45, 2.75) is 64.8 Å². The Morgan fingerprint density at radius 1 is 1.25 bits per heavy atom. The first-order valence-electron chi connectivity index (χ1n) is 7.62. The van der Waals surface area contributed by atoms with E-state index in [2.05, 4.69) is 20.8 Å². The number of hydrogen-bond donors (Lipinski definition) is 1. The van der Waals surface area contributed by atoms with E-state index in [1.165, 1.54) is 7.11 Å². The molecule has 2 aliphatic carbocycles. The van der Waals surface area contributed by atoms with Crippen LogP contribution in [0.2, 0.25) is 0 Å². The minimum absolute atomic E-state index is 0.0198. The van der Waals surface area contributed by atoms with Crippen LogP contribution in [0.4, 0.5) is 0 Å². The standard InChI is InChI=1S/C16H26O4/c1-14(2)7-6-8-15(3)10(14)9(17)12-16(4,20-12)11(15)13(18)19-5/h9-12,17H,6-8H2,1-5H3/t9-,10-,11+,12-,15-,16+/m0/s1. The smallest absolute Gasteiger partial charge is 0.312 e. The highest BCUT2D eigenvalue weighted by Gasteiger charge is 2.76. The number of esters is 1. The van der Waals surface area contributed by atoms with Crippen LogP contribution in [0.3, 0.4) is 0 Å². The van der Waals surface area contributed by atoms with Gasteiger partial charge in [0, 0.05) is 0 Å². The zero-order chi connectivity index (χ0) is 14.9. The van der Waals surface area contributed by atoms with E-state index in [1.807, 2.05) is 6.92 Å². The van der Waals surface area contributed by atoms with E-state index in [-0.39, 0.29) is 34.7 Å². The summed E-state index contributed by atoms with van der Waals surface area (Å²) in [5.41, 5.74) is -0.785. The van der Waals surface area contributed by atoms with Gasteiger partial charge in [0.1, 0.15) is 11.7 Å². The van der Waals surface area contributed by atoms with Gasteiger partial charge in [-0.25, -0.2) is 0 Å². The van der Waals surface area contributed by atoms with Crippen molar-refractivity contribution < 1.29 is 19.4 Å². The van der Waals surface area contributed by atoms with Crippen LogP contribution in [0.15, 0.2) is 0 Å². The lowest BCUT2D eigenvalue weighted by Crippen LogP contribution is -2.62. The molecule has 0 aromatic carbocycles. The molecule has 1 saturated heterocycles. The maximum atomic E-state index is 12.4. The van der Waals surface area contributed by atoms with Crippen LogP contribution in [0.5, 0.6) is 0 Å². The lowest BCUT2D eigenvalue weighted by Gasteiger charge is -2.57. The molecule has 1 heterocycles. The average molecular weight is 282 g/mol. The summed E-state index contributed by atoms with van der Waals surface area (Å²) >= 11 is 0. The van der Waals surface area contributed by atoms with Crippen LogP contribution in [0.25, 0.3) is 0 Å². The van der Waals surface area contributed by atoms with Gasteiger partial charge in [0.25, 0.3) is 0 Å². The molecule has 0 aromatic heterocycles. The van der Waals surface area contributed by atoms with Crippen molar-refractivity contribution >= 4 is 5.97 Å².